The summed E-state index contributed by atoms with van der Waals surface area (Å²) in [5.41, 5.74) is 0.0658. The lowest BCUT2D eigenvalue weighted by Crippen LogP contribution is -2.51. The number of nitrogens with zero attached hydrogens (tertiary/aromatic N) is 1. The van der Waals surface area contributed by atoms with Gasteiger partial charge in [0.1, 0.15) is 0 Å². The van der Waals surface area contributed by atoms with Gasteiger partial charge in [-0.15, -0.1) is 0 Å². The van der Waals surface area contributed by atoms with Crippen LogP contribution < -0.4 is 5.32 Å². The summed E-state index contributed by atoms with van der Waals surface area (Å²) in [6.45, 7) is 11.3. The van der Waals surface area contributed by atoms with Gasteiger partial charge >= 0.3 is 0 Å². The van der Waals surface area contributed by atoms with Crippen molar-refractivity contribution in [1.82, 2.24) is 10.2 Å². The van der Waals surface area contributed by atoms with E-state index in [1.165, 1.54) is 51.7 Å². The highest BCUT2D eigenvalue weighted by molar-refractivity contribution is 4.87. The van der Waals surface area contributed by atoms with E-state index >= 15 is 0 Å². The van der Waals surface area contributed by atoms with Crippen LogP contribution >= 0.6 is 0 Å². The lowest BCUT2D eigenvalue weighted by molar-refractivity contribution is -0.0837. The SMILES string of the molecule is CCN(CC1CCCCN1)C1CCOC(C)(C)C1. The van der Waals surface area contributed by atoms with Gasteiger partial charge in [-0.05, 0) is 52.6 Å². The third-order valence-electron chi connectivity index (χ3n) is 4.46. The largest absolute Gasteiger partial charge is 0.375 e. The lowest BCUT2D eigenvalue weighted by Gasteiger charge is -2.42. The topological polar surface area (TPSA) is 24.5 Å². The third-order valence-corrected chi connectivity index (χ3v) is 4.46. The first-order valence-electron chi connectivity index (χ1n) is 7.72. The summed E-state index contributed by atoms with van der Waals surface area (Å²) in [7, 11) is 0. The molecule has 0 aliphatic carbocycles. The Bertz CT molecular complexity index is 249. The number of nitrogens with one attached hydrogen (secondary N) is 1. The Labute approximate surface area is 112 Å². The number of hydrogen-bond donors (Lipinski definition) is 1. The van der Waals surface area contributed by atoms with Crippen molar-refractivity contribution in [2.45, 2.75) is 70.6 Å². The molecule has 3 nitrogen and oxygen atoms in total. The van der Waals surface area contributed by atoms with Crippen LogP contribution in [-0.4, -0.2) is 48.8 Å². The monoisotopic (exact) mass is 254 g/mol. The maximum absolute atomic E-state index is 5.84. The zero-order chi connectivity index (χ0) is 13.0. The van der Waals surface area contributed by atoms with E-state index in [9.17, 15) is 0 Å². The molecule has 18 heavy (non-hydrogen) atoms. The van der Waals surface area contributed by atoms with Gasteiger partial charge in [0.25, 0.3) is 0 Å². The first-order valence-corrected chi connectivity index (χ1v) is 7.72. The molecule has 106 valence electrons. The van der Waals surface area contributed by atoms with Crippen LogP contribution in [0, 0.1) is 0 Å². The van der Waals surface area contributed by atoms with Gasteiger partial charge in [-0.3, -0.25) is 4.90 Å². The number of likely N-dealkylation sites (N-methyl/N-ethyl adjacent to an activating group) is 1. The molecule has 0 amide bonds. The smallest absolute Gasteiger partial charge is 0.0641 e. The molecule has 2 saturated heterocycles. The van der Waals surface area contributed by atoms with Crippen molar-refractivity contribution < 1.29 is 4.74 Å². The van der Waals surface area contributed by atoms with Crippen molar-refractivity contribution in [1.29, 1.82) is 0 Å². The standard InChI is InChI=1S/C15H30N2O/c1-4-17(12-13-7-5-6-9-16-13)14-8-10-18-15(2,3)11-14/h13-14,16H,4-12H2,1-3H3. The van der Waals surface area contributed by atoms with Crippen LogP contribution in [0.3, 0.4) is 0 Å². The highest BCUT2D eigenvalue weighted by atomic mass is 16.5. The molecule has 2 unspecified atom stereocenters. The molecule has 0 aromatic heterocycles. The molecule has 2 rings (SSSR count). The van der Waals surface area contributed by atoms with Crippen LogP contribution in [0.4, 0.5) is 0 Å². The molecule has 0 aromatic carbocycles. The van der Waals surface area contributed by atoms with Crippen molar-refractivity contribution in [2.24, 2.45) is 0 Å². The number of hydrogen-bond acceptors (Lipinski definition) is 3. The maximum atomic E-state index is 5.84. The molecule has 2 heterocycles. The van der Waals surface area contributed by atoms with Crippen molar-refractivity contribution in [3.8, 4) is 0 Å². The number of ether oxygens (including phenoxy) is 1. The highest BCUT2D eigenvalue weighted by Crippen LogP contribution is 2.27. The first kappa shape index (κ1) is 14.3. The van der Waals surface area contributed by atoms with Crippen molar-refractivity contribution >= 4 is 0 Å². The molecule has 0 aromatic rings. The van der Waals surface area contributed by atoms with E-state index in [2.05, 4.69) is 31.0 Å². The van der Waals surface area contributed by atoms with E-state index in [1.807, 2.05) is 0 Å². The van der Waals surface area contributed by atoms with Gasteiger partial charge in [-0.1, -0.05) is 13.3 Å². The molecule has 0 saturated carbocycles. The van der Waals surface area contributed by atoms with Crippen LogP contribution in [0.15, 0.2) is 0 Å². The van der Waals surface area contributed by atoms with Gasteiger partial charge in [0.2, 0.25) is 0 Å². The minimum absolute atomic E-state index is 0.0658. The predicted molar refractivity (Wildman–Crippen MR) is 75.9 cm³/mol. The predicted octanol–water partition coefficient (Wildman–Crippen LogP) is 2.41. The maximum Gasteiger partial charge on any atom is 0.0641 e. The van der Waals surface area contributed by atoms with E-state index in [0.29, 0.717) is 12.1 Å². The first-order chi connectivity index (χ1) is 8.61. The van der Waals surface area contributed by atoms with E-state index in [4.69, 9.17) is 4.74 Å². The molecular weight excluding hydrogens is 224 g/mol. The second kappa shape index (κ2) is 6.36. The van der Waals surface area contributed by atoms with Gasteiger partial charge in [-0.2, -0.15) is 0 Å². The molecule has 0 bridgehead atoms. The van der Waals surface area contributed by atoms with Crippen LogP contribution in [0.25, 0.3) is 0 Å². The summed E-state index contributed by atoms with van der Waals surface area (Å²) in [4.78, 5) is 2.67. The Morgan fingerprint density at radius 3 is 2.72 bits per heavy atom. The molecule has 2 fully saturated rings. The quantitative estimate of drug-likeness (QED) is 0.834. The second-order valence-corrected chi connectivity index (χ2v) is 6.49. The fraction of sp³-hybridized carbons (Fsp3) is 1.00. The van der Waals surface area contributed by atoms with Crippen LogP contribution in [0.1, 0.15) is 52.9 Å². The van der Waals surface area contributed by atoms with E-state index < -0.39 is 0 Å². The van der Waals surface area contributed by atoms with Gasteiger partial charge in [0, 0.05) is 25.2 Å². The van der Waals surface area contributed by atoms with E-state index in [0.717, 1.165) is 6.61 Å². The summed E-state index contributed by atoms with van der Waals surface area (Å²) in [5.74, 6) is 0. The molecule has 2 aliphatic heterocycles. The minimum Gasteiger partial charge on any atom is -0.375 e. The van der Waals surface area contributed by atoms with Crippen LogP contribution in [-0.2, 0) is 4.74 Å². The molecule has 3 heteroatoms. The average Bonchev–Trinajstić information content (AvgIpc) is 2.36. The Kier molecular flexibility index (Phi) is 5.05. The zero-order valence-corrected chi connectivity index (χ0v) is 12.4. The van der Waals surface area contributed by atoms with E-state index in [-0.39, 0.29) is 5.60 Å². The Hall–Kier alpha value is -0.120. The number of rotatable bonds is 4. The molecule has 2 atom stereocenters. The fourth-order valence-corrected chi connectivity index (χ4v) is 3.41. The van der Waals surface area contributed by atoms with Gasteiger partial charge in [0.15, 0.2) is 0 Å². The average molecular weight is 254 g/mol. The van der Waals surface area contributed by atoms with Crippen LogP contribution in [0.5, 0.6) is 0 Å². The summed E-state index contributed by atoms with van der Waals surface area (Å²) >= 11 is 0. The summed E-state index contributed by atoms with van der Waals surface area (Å²) < 4.78 is 5.84. The summed E-state index contributed by atoms with van der Waals surface area (Å²) in [5, 5.41) is 3.67. The molecule has 0 radical (unpaired) electrons. The molecule has 2 aliphatic rings. The van der Waals surface area contributed by atoms with E-state index in [1.54, 1.807) is 0 Å². The molecule has 1 N–H and O–H groups in total. The minimum atomic E-state index is 0.0658. The normalized spacial score (nSPS) is 32.7. The summed E-state index contributed by atoms with van der Waals surface area (Å²) in [6, 6.07) is 1.42. The van der Waals surface area contributed by atoms with Crippen LogP contribution in [0.2, 0.25) is 0 Å². The Morgan fingerprint density at radius 2 is 2.11 bits per heavy atom. The van der Waals surface area contributed by atoms with Gasteiger partial charge < -0.3 is 10.1 Å². The van der Waals surface area contributed by atoms with Gasteiger partial charge in [-0.25, -0.2) is 0 Å². The third kappa shape index (κ3) is 3.94. The summed E-state index contributed by atoms with van der Waals surface area (Å²) in [6.07, 6.45) is 6.47. The molecular formula is C15H30N2O. The fourth-order valence-electron chi connectivity index (χ4n) is 3.41. The van der Waals surface area contributed by atoms with Crippen molar-refractivity contribution in [2.75, 3.05) is 26.2 Å². The Morgan fingerprint density at radius 1 is 1.28 bits per heavy atom. The zero-order valence-electron chi connectivity index (χ0n) is 12.4. The van der Waals surface area contributed by atoms with Crippen molar-refractivity contribution in [3.63, 3.8) is 0 Å². The second-order valence-electron chi connectivity index (χ2n) is 6.49. The highest BCUT2D eigenvalue weighted by Gasteiger charge is 2.32. The Balaban J connectivity index is 1.86. The van der Waals surface area contributed by atoms with Gasteiger partial charge in [0.05, 0.1) is 5.60 Å². The molecule has 0 spiro atoms. The van der Waals surface area contributed by atoms with Crippen molar-refractivity contribution in [3.05, 3.63) is 0 Å². The number of piperidine rings is 1. The lowest BCUT2D eigenvalue weighted by atomic mass is 9.92.